The average molecular weight is 1140 g/mol. The second-order valence-corrected chi connectivity index (χ2v) is 22.5. The number of rotatable bonds is 51. The van der Waals surface area contributed by atoms with Crippen LogP contribution in [-0.2, 0) is 23.7 Å². The van der Waals surface area contributed by atoms with Crippen LogP contribution in [0.2, 0.25) is 0 Å². The van der Waals surface area contributed by atoms with Crippen molar-refractivity contribution in [2.75, 3.05) is 19.8 Å². The van der Waals surface area contributed by atoms with Crippen molar-refractivity contribution in [2.24, 2.45) is 0 Å². The zero-order valence-corrected chi connectivity index (χ0v) is 50.5. The van der Waals surface area contributed by atoms with E-state index in [0.717, 1.165) is 89.9 Å². The number of hydrogen-bond donors (Lipinski definition) is 9. The van der Waals surface area contributed by atoms with Crippen LogP contribution in [0.25, 0.3) is 0 Å². The summed E-state index contributed by atoms with van der Waals surface area (Å²) in [6.45, 7) is 2.69. The fourth-order valence-electron chi connectivity index (χ4n) is 10.2. The zero-order chi connectivity index (χ0) is 58.8. The van der Waals surface area contributed by atoms with Crippen LogP contribution in [0.1, 0.15) is 239 Å². The molecule has 14 nitrogen and oxygen atoms in total. The Balaban J connectivity index is 1.74. The summed E-state index contributed by atoms with van der Waals surface area (Å²) in [6.07, 6.45) is 53.2. The number of carbonyl (C=O) groups is 1. The second-order valence-electron chi connectivity index (χ2n) is 22.5. The molecule has 0 bridgehead atoms. The van der Waals surface area contributed by atoms with Gasteiger partial charge in [-0.25, -0.2) is 0 Å². The van der Waals surface area contributed by atoms with Gasteiger partial charge in [-0.05, 0) is 70.6 Å². The third-order valence-electron chi connectivity index (χ3n) is 15.3. The highest BCUT2D eigenvalue weighted by Gasteiger charge is 2.51. The Hall–Kier alpha value is -2.83. The minimum absolute atomic E-state index is 0.250. The number of carbonyl (C=O) groups excluding carboxylic acids is 1. The highest BCUT2D eigenvalue weighted by Crippen LogP contribution is 2.30. The van der Waals surface area contributed by atoms with Crippen LogP contribution in [0.4, 0.5) is 0 Å². The zero-order valence-electron chi connectivity index (χ0n) is 50.5. The van der Waals surface area contributed by atoms with Crippen molar-refractivity contribution in [1.82, 2.24) is 5.32 Å². The average Bonchev–Trinajstić information content (AvgIpc) is 3.62. The van der Waals surface area contributed by atoms with Crippen molar-refractivity contribution in [2.45, 2.75) is 312 Å². The Bertz CT molecular complexity index is 1680. The Morgan fingerprint density at radius 1 is 0.457 bits per heavy atom. The SMILES string of the molecule is CC/C=C\C/C=C\C/C=C\C/C=C\C/C=C\C/C=C\CCCCCCCCCCC(=O)NC(COC1OC(CO)C(OC2OC(CO)C(O)C(O)C2O)C(O)C1O)C(O)/C=C/CCCCCCCCCCCCCCCCCCCC. The maximum absolute atomic E-state index is 13.3. The molecule has 2 saturated heterocycles. The minimum atomic E-state index is -1.79. The minimum Gasteiger partial charge on any atom is -0.394 e. The van der Waals surface area contributed by atoms with Gasteiger partial charge in [0, 0.05) is 6.42 Å². The van der Waals surface area contributed by atoms with Crippen LogP contribution in [0.15, 0.2) is 85.1 Å². The van der Waals surface area contributed by atoms with Crippen molar-refractivity contribution >= 4 is 5.91 Å². The van der Waals surface area contributed by atoms with Crippen LogP contribution in [0.5, 0.6) is 0 Å². The molecule has 1 amide bonds. The molecule has 9 N–H and O–H groups in total. The van der Waals surface area contributed by atoms with Gasteiger partial charge in [0.1, 0.15) is 48.8 Å². The molecule has 0 aliphatic carbocycles. The van der Waals surface area contributed by atoms with Crippen molar-refractivity contribution in [1.29, 1.82) is 0 Å². The van der Waals surface area contributed by atoms with Crippen LogP contribution in [0, 0.1) is 0 Å². The lowest BCUT2D eigenvalue weighted by Gasteiger charge is -2.46. The Morgan fingerprint density at radius 3 is 1.31 bits per heavy atom. The number of ether oxygens (including phenoxy) is 4. The van der Waals surface area contributed by atoms with Gasteiger partial charge in [0.05, 0.1) is 32.0 Å². The third kappa shape index (κ3) is 36.6. The summed E-state index contributed by atoms with van der Waals surface area (Å²) < 4.78 is 22.8. The van der Waals surface area contributed by atoms with E-state index in [0.29, 0.717) is 6.42 Å². The van der Waals surface area contributed by atoms with Gasteiger partial charge in [-0.3, -0.25) is 4.79 Å². The highest BCUT2D eigenvalue weighted by atomic mass is 16.7. The number of allylic oxidation sites excluding steroid dienone is 13. The molecule has 2 rings (SSSR count). The Labute approximate surface area is 491 Å². The molecule has 12 atom stereocenters. The first kappa shape index (κ1) is 74.3. The molecule has 0 aromatic rings. The first-order chi connectivity index (χ1) is 39.6. The Kier molecular flexibility index (Phi) is 47.3. The summed E-state index contributed by atoms with van der Waals surface area (Å²) in [5, 5.41) is 87.3. The summed E-state index contributed by atoms with van der Waals surface area (Å²) in [6, 6.07) is -0.925. The van der Waals surface area contributed by atoms with E-state index in [4.69, 9.17) is 18.9 Å². The lowest BCUT2D eigenvalue weighted by atomic mass is 9.97. The normalized spacial score (nSPS) is 24.7. The molecule has 2 fully saturated rings. The van der Waals surface area contributed by atoms with Gasteiger partial charge in [-0.2, -0.15) is 0 Å². The molecular weight excluding hydrogens is 1030 g/mol. The van der Waals surface area contributed by atoms with Crippen molar-refractivity contribution in [3.63, 3.8) is 0 Å². The van der Waals surface area contributed by atoms with E-state index >= 15 is 0 Å². The van der Waals surface area contributed by atoms with E-state index in [9.17, 15) is 45.6 Å². The molecule has 2 heterocycles. The monoisotopic (exact) mass is 1140 g/mol. The van der Waals surface area contributed by atoms with Crippen molar-refractivity contribution < 1.29 is 64.6 Å². The highest BCUT2D eigenvalue weighted by molar-refractivity contribution is 5.76. The van der Waals surface area contributed by atoms with Gasteiger partial charge in [0.2, 0.25) is 5.91 Å². The fraction of sp³-hybridized carbons (Fsp3) is 0.776. The van der Waals surface area contributed by atoms with E-state index < -0.39 is 86.8 Å². The number of aliphatic hydroxyl groups is 8. The lowest BCUT2D eigenvalue weighted by Crippen LogP contribution is -2.65. The molecule has 2 aliphatic heterocycles. The number of hydrogen-bond acceptors (Lipinski definition) is 13. The standard InChI is InChI=1S/C67H117NO13/c1-3-5-7-9-11-13-15-17-19-21-23-25-26-27-28-29-30-31-33-35-37-39-41-43-45-47-49-51-59(72)68-55(56(71)50-48-46-44-42-40-38-36-34-32-24-22-20-18-16-14-12-10-8-6-4-2)54-78-66-64(77)62(75)65(58(53-70)80-66)81-67-63(76)61(74)60(73)57(52-69)79-67/h5,7,11,13,17,19,23,25,27-28,30-31,48,50,55-58,60-67,69-71,73-77H,3-4,6,8-10,12,14-16,18,20-22,24,26,29,32-47,49,51-54H2,1-2H3,(H,68,72)/b7-5-,13-11-,19-17-,25-23-,28-27-,31-30-,50-48+. The first-order valence-electron chi connectivity index (χ1n) is 32.3. The lowest BCUT2D eigenvalue weighted by molar-refractivity contribution is -0.359. The molecule has 12 unspecified atom stereocenters. The molecule has 81 heavy (non-hydrogen) atoms. The maximum Gasteiger partial charge on any atom is 0.220 e. The van der Waals surface area contributed by atoms with Crippen molar-refractivity contribution in [3.8, 4) is 0 Å². The van der Waals surface area contributed by atoms with E-state index in [1.54, 1.807) is 6.08 Å². The van der Waals surface area contributed by atoms with Crippen LogP contribution in [-0.4, -0.2) is 140 Å². The van der Waals surface area contributed by atoms with Crippen LogP contribution >= 0.6 is 0 Å². The van der Waals surface area contributed by atoms with Crippen molar-refractivity contribution in [3.05, 3.63) is 85.1 Å². The number of amides is 1. The molecule has 0 aromatic heterocycles. The molecular formula is C67H117NO13. The smallest absolute Gasteiger partial charge is 0.220 e. The molecule has 0 spiro atoms. The van der Waals surface area contributed by atoms with E-state index in [-0.39, 0.29) is 18.9 Å². The van der Waals surface area contributed by atoms with Gasteiger partial charge < -0.3 is 65.1 Å². The number of aliphatic hydroxyl groups excluding tert-OH is 8. The summed E-state index contributed by atoms with van der Waals surface area (Å²) in [5.41, 5.74) is 0. The summed E-state index contributed by atoms with van der Waals surface area (Å²) in [5.74, 6) is -0.250. The summed E-state index contributed by atoms with van der Waals surface area (Å²) in [4.78, 5) is 13.3. The fourth-order valence-corrected chi connectivity index (χ4v) is 10.2. The third-order valence-corrected chi connectivity index (χ3v) is 15.3. The van der Waals surface area contributed by atoms with Gasteiger partial charge in [0.15, 0.2) is 12.6 Å². The van der Waals surface area contributed by atoms with Crippen LogP contribution < -0.4 is 5.32 Å². The number of nitrogens with one attached hydrogen (secondary N) is 1. The molecule has 0 radical (unpaired) electrons. The van der Waals surface area contributed by atoms with Gasteiger partial charge in [0.25, 0.3) is 0 Å². The predicted molar refractivity (Wildman–Crippen MR) is 327 cm³/mol. The maximum atomic E-state index is 13.3. The van der Waals surface area contributed by atoms with Gasteiger partial charge >= 0.3 is 0 Å². The van der Waals surface area contributed by atoms with E-state index in [1.807, 2.05) is 6.08 Å². The second kappa shape index (κ2) is 51.6. The predicted octanol–water partition coefficient (Wildman–Crippen LogP) is 12.1. The van der Waals surface area contributed by atoms with Crippen LogP contribution in [0.3, 0.4) is 0 Å². The summed E-state index contributed by atoms with van der Waals surface area (Å²) >= 11 is 0. The quantitative estimate of drug-likeness (QED) is 0.0204. The Morgan fingerprint density at radius 2 is 0.852 bits per heavy atom. The molecule has 14 heteroatoms. The van der Waals surface area contributed by atoms with Gasteiger partial charge in [-0.1, -0.05) is 247 Å². The molecule has 0 aromatic carbocycles. The molecule has 2 aliphatic rings. The molecule has 0 saturated carbocycles. The van der Waals surface area contributed by atoms with E-state index in [1.165, 1.54) is 122 Å². The van der Waals surface area contributed by atoms with Gasteiger partial charge in [-0.15, -0.1) is 0 Å². The largest absolute Gasteiger partial charge is 0.394 e. The van der Waals surface area contributed by atoms with E-state index in [2.05, 4.69) is 92.1 Å². The molecule has 468 valence electrons. The first-order valence-corrected chi connectivity index (χ1v) is 32.3. The summed E-state index contributed by atoms with van der Waals surface area (Å²) in [7, 11) is 0. The number of unbranched alkanes of at least 4 members (excludes halogenated alkanes) is 26. The topological polar surface area (TPSA) is 228 Å².